The molecule has 0 spiro atoms. The molecule has 0 bridgehead atoms. The summed E-state index contributed by atoms with van der Waals surface area (Å²) in [6.45, 7) is 4.23. The van der Waals surface area contributed by atoms with Crippen LogP contribution >= 0.6 is 0 Å². The van der Waals surface area contributed by atoms with Crippen molar-refractivity contribution in [3.63, 3.8) is 0 Å². The van der Waals surface area contributed by atoms with Gasteiger partial charge in [-0.15, -0.1) is 0 Å². The lowest BCUT2D eigenvalue weighted by atomic mass is 10.4. The molecule has 0 aliphatic rings. The molecule has 0 aliphatic carbocycles. The van der Waals surface area contributed by atoms with Crippen LogP contribution in [0.1, 0.15) is 0 Å². The Bertz CT molecular complexity index is 306. The Morgan fingerprint density at radius 3 is 2.25 bits per heavy atom. The maximum Gasteiger partial charge on any atom is 0.167 e. The van der Waals surface area contributed by atoms with Gasteiger partial charge in [0.05, 0.1) is 6.11 Å². The molecule has 1 aromatic rings. The van der Waals surface area contributed by atoms with Crippen molar-refractivity contribution in [1.29, 1.82) is 0 Å². The highest BCUT2D eigenvalue weighted by Gasteiger charge is 2.20. The minimum absolute atomic E-state index is 1.26. The lowest BCUT2D eigenvalue weighted by Gasteiger charge is -2.13. The van der Waals surface area contributed by atoms with Gasteiger partial charge in [-0.2, -0.15) is 0 Å². The molecule has 0 radical (unpaired) electrons. The molecule has 1 N–H and O–H groups in total. The van der Waals surface area contributed by atoms with E-state index in [0.717, 1.165) is 0 Å². The van der Waals surface area contributed by atoms with Crippen LogP contribution in [0.4, 0.5) is 0 Å². The van der Waals surface area contributed by atoms with E-state index < -0.39 is 8.07 Å². The fourth-order valence-electron chi connectivity index (χ4n) is 1.07. The monoisotopic (exact) mass is 176 g/mol. The molecule has 0 aromatic heterocycles. The second kappa shape index (κ2) is 3.46. The van der Waals surface area contributed by atoms with Crippen LogP contribution in [0.2, 0.25) is 13.1 Å². The van der Waals surface area contributed by atoms with E-state index in [4.69, 9.17) is 5.11 Å². The van der Waals surface area contributed by atoms with Gasteiger partial charge in [0.1, 0.15) is 0 Å². The van der Waals surface area contributed by atoms with Gasteiger partial charge in [-0.05, 0) is 5.19 Å². The molecule has 1 nitrogen and oxygen atoms in total. The third-order valence-corrected chi connectivity index (χ3v) is 4.38. The first-order valence-corrected chi connectivity index (χ1v) is 6.88. The highest BCUT2D eigenvalue weighted by molar-refractivity contribution is 6.96. The molecule has 0 fully saturated rings. The third-order valence-electron chi connectivity index (χ3n) is 1.86. The van der Waals surface area contributed by atoms with Crippen LogP contribution < -0.4 is 5.19 Å². The fourth-order valence-corrected chi connectivity index (χ4v) is 2.52. The summed E-state index contributed by atoms with van der Waals surface area (Å²) in [5.41, 5.74) is 2.88. The van der Waals surface area contributed by atoms with Crippen LogP contribution in [0.15, 0.2) is 30.3 Å². The van der Waals surface area contributed by atoms with Crippen molar-refractivity contribution >= 4 is 13.3 Å². The third kappa shape index (κ3) is 1.90. The van der Waals surface area contributed by atoms with Crippen LogP contribution in [0, 0.1) is 11.7 Å². The zero-order chi connectivity index (χ0) is 9.03. The molecule has 0 aliphatic heterocycles. The number of benzene rings is 1. The predicted molar refractivity (Wildman–Crippen MR) is 53.3 cm³/mol. The topological polar surface area (TPSA) is 20.2 Å². The van der Waals surface area contributed by atoms with Gasteiger partial charge in [0, 0.05) is 0 Å². The molecule has 0 unspecified atom stereocenters. The average Bonchev–Trinajstić information content (AvgIpc) is 2.06. The van der Waals surface area contributed by atoms with Crippen molar-refractivity contribution in [2.24, 2.45) is 0 Å². The Morgan fingerprint density at radius 1 is 1.17 bits per heavy atom. The largest absolute Gasteiger partial charge is 0.462 e. The molecule has 62 valence electrons. The van der Waals surface area contributed by atoms with Crippen molar-refractivity contribution in [1.82, 2.24) is 0 Å². The van der Waals surface area contributed by atoms with E-state index in [2.05, 4.69) is 30.8 Å². The van der Waals surface area contributed by atoms with Gasteiger partial charge in [-0.25, -0.2) is 0 Å². The number of rotatable bonds is 1. The van der Waals surface area contributed by atoms with Gasteiger partial charge >= 0.3 is 0 Å². The summed E-state index contributed by atoms with van der Waals surface area (Å²) in [4.78, 5) is 0. The average molecular weight is 176 g/mol. The SMILES string of the molecule is C[Si](C)(C#CO)c1ccccc1. The van der Waals surface area contributed by atoms with Gasteiger partial charge in [0.25, 0.3) is 0 Å². The van der Waals surface area contributed by atoms with E-state index in [1.54, 1.807) is 0 Å². The number of aliphatic hydroxyl groups is 1. The molecule has 1 aromatic carbocycles. The summed E-state index contributed by atoms with van der Waals surface area (Å²) in [5, 5.41) is 9.79. The molecule has 0 heterocycles. The molecule has 0 saturated heterocycles. The van der Waals surface area contributed by atoms with Crippen LogP contribution in [0.3, 0.4) is 0 Å². The Hall–Kier alpha value is -1.20. The van der Waals surface area contributed by atoms with E-state index in [0.29, 0.717) is 0 Å². The zero-order valence-corrected chi connectivity index (χ0v) is 8.33. The first-order valence-electron chi connectivity index (χ1n) is 3.88. The minimum Gasteiger partial charge on any atom is -0.462 e. The van der Waals surface area contributed by atoms with E-state index in [-0.39, 0.29) is 0 Å². The van der Waals surface area contributed by atoms with Crippen LogP contribution in [-0.4, -0.2) is 13.2 Å². The Labute approximate surface area is 74.1 Å². The lowest BCUT2D eigenvalue weighted by Crippen LogP contribution is -2.39. The maximum atomic E-state index is 8.54. The zero-order valence-electron chi connectivity index (χ0n) is 7.33. The first kappa shape index (κ1) is 8.89. The van der Waals surface area contributed by atoms with Crippen LogP contribution in [0.5, 0.6) is 0 Å². The molecule has 12 heavy (non-hydrogen) atoms. The van der Waals surface area contributed by atoms with Crippen molar-refractivity contribution in [3.05, 3.63) is 30.3 Å². The number of hydrogen-bond acceptors (Lipinski definition) is 1. The minimum atomic E-state index is -1.69. The van der Waals surface area contributed by atoms with Gasteiger partial charge in [-0.3, -0.25) is 0 Å². The summed E-state index contributed by atoms with van der Waals surface area (Å²) in [6, 6.07) is 10.1. The van der Waals surface area contributed by atoms with Crippen molar-refractivity contribution in [3.8, 4) is 11.7 Å². The van der Waals surface area contributed by atoms with E-state index >= 15 is 0 Å². The van der Waals surface area contributed by atoms with E-state index in [1.807, 2.05) is 24.3 Å². The van der Waals surface area contributed by atoms with Crippen molar-refractivity contribution < 1.29 is 5.11 Å². The molecule has 0 amide bonds. The standard InChI is InChI=1S/C10H12OSi/c1-12(2,9-8-11)10-6-4-3-5-7-10/h3-7,11H,1-2H3. The van der Waals surface area contributed by atoms with Gasteiger partial charge in [0.15, 0.2) is 8.07 Å². The smallest absolute Gasteiger partial charge is 0.167 e. The second-order valence-electron chi connectivity index (χ2n) is 3.23. The summed E-state index contributed by atoms with van der Waals surface area (Å²) in [6.07, 6.45) is 2.02. The van der Waals surface area contributed by atoms with Gasteiger partial charge in [-0.1, -0.05) is 49.0 Å². The number of hydrogen-bond donors (Lipinski definition) is 1. The molecular weight excluding hydrogens is 164 g/mol. The van der Waals surface area contributed by atoms with E-state index in [9.17, 15) is 0 Å². The Morgan fingerprint density at radius 2 is 1.75 bits per heavy atom. The predicted octanol–water partition coefficient (Wildman–Crippen LogP) is 1.47. The molecule has 0 saturated carbocycles. The second-order valence-corrected chi connectivity index (χ2v) is 7.31. The summed E-state index contributed by atoms with van der Waals surface area (Å²) < 4.78 is 0. The van der Waals surface area contributed by atoms with E-state index in [1.165, 1.54) is 5.19 Å². The lowest BCUT2D eigenvalue weighted by molar-refractivity contribution is 0.518. The summed E-state index contributed by atoms with van der Waals surface area (Å²) in [7, 11) is -1.69. The molecule has 0 atom stereocenters. The summed E-state index contributed by atoms with van der Waals surface area (Å²) >= 11 is 0. The highest BCUT2D eigenvalue weighted by atomic mass is 28.3. The molecular formula is C10H12OSi. The van der Waals surface area contributed by atoms with Gasteiger partial charge < -0.3 is 5.11 Å². The fraction of sp³-hybridized carbons (Fsp3) is 0.200. The van der Waals surface area contributed by atoms with Gasteiger partial charge in [0.2, 0.25) is 0 Å². The first-order chi connectivity index (χ1) is 5.67. The van der Waals surface area contributed by atoms with Crippen LogP contribution in [-0.2, 0) is 0 Å². The highest BCUT2D eigenvalue weighted by Crippen LogP contribution is 2.00. The quantitative estimate of drug-likeness (QED) is 0.507. The molecule has 1 rings (SSSR count). The maximum absolute atomic E-state index is 8.54. The Kier molecular flexibility index (Phi) is 2.57. The summed E-state index contributed by atoms with van der Waals surface area (Å²) in [5.74, 6) is 0. The number of aliphatic hydroxyl groups excluding tert-OH is 1. The van der Waals surface area contributed by atoms with Crippen LogP contribution in [0.25, 0.3) is 0 Å². The molecule has 2 heteroatoms. The normalized spacial score (nSPS) is 10.2. The van der Waals surface area contributed by atoms with Crippen molar-refractivity contribution in [2.45, 2.75) is 13.1 Å². The Balaban J connectivity index is 3.03. The van der Waals surface area contributed by atoms with Crippen molar-refractivity contribution in [2.75, 3.05) is 0 Å².